The summed E-state index contributed by atoms with van der Waals surface area (Å²) in [5.41, 5.74) is -0.799. The Hall–Kier alpha value is -1.13. The SMILES string of the molecule is CC1(C(=O)O)CCCN(N=O)C1. The van der Waals surface area contributed by atoms with Crippen LogP contribution in [0.2, 0.25) is 0 Å². The Balaban J connectivity index is 2.66. The highest BCUT2D eigenvalue weighted by Gasteiger charge is 2.38. The van der Waals surface area contributed by atoms with Crippen molar-refractivity contribution in [1.29, 1.82) is 0 Å². The number of piperidine rings is 1. The molecule has 0 aromatic carbocycles. The van der Waals surface area contributed by atoms with Crippen LogP contribution in [0.5, 0.6) is 0 Å². The number of carboxylic acid groups (broad SMARTS) is 1. The van der Waals surface area contributed by atoms with Crippen LogP contribution >= 0.6 is 0 Å². The zero-order valence-electron chi connectivity index (χ0n) is 6.99. The van der Waals surface area contributed by atoms with Crippen LogP contribution < -0.4 is 0 Å². The number of carboxylic acids is 1. The fourth-order valence-corrected chi connectivity index (χ4v) is 1.46. The van der Waals surface area contributed by atoms with Gasteiger partial charge < -0.3 is 5.11 Å². The lowest BCUT2D eigenvalue weighted by Crippen LogP contribution is -2.43. The fraction of sp³-hybridized carbons (Fsp3) is 0.857. The molecular formula is C7H12N2O3. The van der Waals surface area contributed by atoms with Crippen molar-refractivity contribution in [2.75, 3.05) is 13.1 Å². The predicted octanol–water partition coefficient (Wildman–Crippen LogP) is 0.854. The average molecular weight is 172 g/mol. The molecule has 0 aromatic rings. The van der Waals surface area contributed by atoms with Crippen molar-refractivity contribution >= 4 is 5.97 Å². The van der Waals surface area contributed by atoms with E-state index < -0.39 is 11.4 Å². The molecular weight excluding hydrogens is 160 g/mol. The van der Waals surface area contributed by atoms with Gasteiger partial charge in [0.05, 0.1) is 17.2 Å². The molecule has 1 rings (SSSR count). The van der Waals surface area contributed by atoms with Crippen LogP contribution in [0, 0.1) is 10.3 Å². The normalized spacial score (nSPS) is 29.9. The summed E-state index contributed by atoms with van der Waals surface area (Å²) in [4.78, 5) is 20.9. The first-order valence-electron chi connectivity index (χ1n) is 3.90. The van der Waals surface area contributed by atoms with E-state index in [1.807, 2.05) is 0 Å². The second kappa shape index (κ2) is 3.08. The standard InChI is InChI=1S/C7H12N2O3/c1-7(6(10)11)3-2-4-9(5-7)8-12/h2-5H2,1H3,(H,10,11). The van der Waals surface area contributed by atoms with Crippen molar-refractivity contribution in [2.24, 2.45) is 10.7 Å². The molecule has 0 spiro atoms. The number of aliphatic carboxylic acids is 1. The summed E-state index contributed by atoms with van der Waals surface area (Å²) < 4.78 is 0. The number of nitroso groups, excluding NO2 is 1. The molecule has 5 heteroatoms. The highest BCUT2D eigenvalue weighted by Crippen LogP contribution is 2.29. The third-order valence-electron chi connectivity index (χ3n) is 2.31. The van der Waals surface area contributed by atoms with Crippen LogP contribution in [0.3, 0.4) is 0 Å². The molecule has 1 aliphatic rings. The van der Waals surface area contributed by atoms with Gasteiger partial charge in [0.1, 0.15) is 0 Å². The number of rotatable bonds is 2. The zero-order valence-corrected chi connectivity index (χ0v) is 6.99. The first-order valence-corrected chi connectivity index (χ1v) is 3.90. The Morgan fingerprint density at radius 1 is 1.67 bits per heavy atom. The quantitative estimate of drug-likeness (QED) is 0.627. The second-order valence-electron chi connectivity index (χ2n) is 3.44. The maximum Gasteiger partial charge on any atom is 0.311 e. The van der Waals surface area contributed by atoms with E-state index in [1.165, 1.54) is 5.01 Å². The van der Waals surface area contributed by atoms with Gasteiger partial charge in [0.15, 0.2) is 0 Å². The molecule has 0 bridgehead atoms. The predicted molar refractivity (Wildman–Crippen MR) is 42.3 cm³/mol. The van der Waals surface area contributed by atoms with E-state index >= 15 is 0 Å². The summed E-state index contributed by atoms with van der Waals surface area (Å²) in [6.07, 6.45) is 1.34. The van der Waals surface area contributed by atoms with Crippen LogP contribution in [-0.4, -0.2) is 29.2 Å². The van der Waals surface area contributed by atoms with Crippen LogP contribution in [0.1, 0.15) is 19.8 Å². The molecule has 0 aliphatic carbocycles. The zero-order chi connectivity index (χ0) is 9.19. The number of hydrogen-bond acceptors (Lipinski definition) is 3. The van der Waals surface area contributed by atoms with Crippen molar-refractivity contribution < 1.29 is 9.90 Å². The maximum atomic E-state index is 10.8. The average Bonchev–Trinajstić information content (AvgIpc) is 2.04. The van der Waals surface area contributed by atoms with Crippen molar-refractivity contribution in [1.82, 2.24) is 5.01 Å². The first kappa shape index (κ1) is 8.96. The van der Waals surface area contributed by atoms with Crippen LogP contribution in [-0.2, 0) is 4.79 Å². The van der Waals surface area contributed by atoms with E-state index in [0.29, 0.717) is 19.4 Å². The molecule has 1 atom stereocenters. The highest BCUT2D eigenvalue weighted by atomic mass is 16.4. The minimum Gasteiger partial charge on any atom is -0.481 e. The van der Waals surface area contributed by atoms with Gasteiger partial charge in [-0.1, -0.05) is 0 Å². The molecule has 0 saturated carbocycles. The topological polar surface area (TPSA) is 70.0 Å². The molecule has 5 nitrogen and oxygen atoms in total. The van der Waals surface area contributed by atoms with Gasteiger partial charge in [-0.3, -0.25) is 9.80 Å². The van der Waals surface area contributed by atoms with E-state index in [0.717, 1.165) is 0 Å². The largest absolute Gasteiger partial charge is 0.481 e. The highest BCUT2D eigenvalue weighted by molar-refractivity contribution is 5.74. The first-order chi connectivity index (χ1) is 5.58. The molecule has 0 amide bonds. The maximum absolute atomic E-state index is 10.8. The van der Waals surface area contributed by atoms with E-state index in [4.69, 9.17) is 5.11 Å². The van der Waals surface area contributed by atoms with E-state index in [-0.39, 0.29) is 6.54 Å². The van der Waals surface area contributed by atoms with Crippen LogP contribution in [0.4, 0.5) is 0 Å². The Morgan fingerprint density at radius 3 is 2.83 bits per heavy atom. The van der Waals surface area contributed by atoms with Crippen molar-refractivity contribution in [3.8, 4) is 0 Å². The molecule has 1 saturated heterocycles. The summed E-state index contributed by atoms with van der Waals surface area (Å²) in [5, 5.41) is 12.9. The lowest BCUT2D eigenvalue weighted by molar-refractivity contribution is -0.151. The van der Waals surface area contributed by atoms with Gasteiger partial charge in [-0.05, 0) is 19.8 Å². The minimum atomic E-state index is -0.851. The molecule has 0 radical (unpaired) electrons. The molecule has 1 aliphatic heterocycles. The van der Waals surface area contributed by atoms with Crippen LogP contribution in [0.15, 0.2) is 5.29 Å². The molecule has 12 heavy (non-hydrogen) atoms. The summed E-state index contributed by atoms with van der Waals surface area (Å²) in [7, 11) is 0. The van der Waals surface area contributed by atoms with Crippen molar-refractivity contribution in [3.63, 3.8) is 0 Å². The molecule has 68 valence electrons. The summed E-state index contributed by atoms with van der Waals surface area (Å²) >= 11 is 0. The third-order valence-corrected chi connectivity index (χ3v) is 2.31. The molecule has 1 N–H and O–H groups in total. The minimum absolute atomic E-state index is 0.228. The van der Waals surface area contributed by atoms with E-state index in [2.05, 4.69) is 5.29 Å². The van der Waals surface area contributed by atoms with Gasteiger partial charge in [-0.2, -0.15) is 0 Å². The number of nitrogens with zero attached hydrogens (tertiary/aromatic N) is 2. The number of hydrogen-bond donors (Lipinski definition) is 1. The summed E-state index contributed by atoms with van der Waals surface area (Å²) in [6, 6.07) is 0. The summed E-state index contributed by atoms with van der Waals surface area (Å²) in [5.74, 6) is -0.851. The van der Waals surface area contributed by atoms with E-state index in [1.54, 1.807) is 6.92 Å². The lowest BCUT2D eigenvalue weighted by atomic mass is 9.83. The molecule has 0 aromatic heterocycles. The Bertz CT molecular complexity index is 207. The number of carbonyl (C=O) groups is 1. The second-order valence-corrected chi connectivity index (χ2v) is 3.44. The van der Waals surface area contributed by atoms with Gasteiger partial charge in [-0.15, -0.1) is 4.91 Å². The van der Waals surface area contributed by atoms with E-state index in [9.17, 15) is 9.70 Å². The van der Waals surface area contributed by atoms with Crippen molar-refractivity contribution in [3.05, 3.63) is 4.91 Å². The van der Waals surface area contributed by atoms with Crippen LogP contribution in [0.25, 0.3) is 0 Å². The van der Waals surface area contributed by atoms with Gasteiger partial charge in [-0.25, -0.2) is 0 Å². The van der Waals surface area contributed by atoms with Gasteiger partial charge in [0.25, 0.3) is 0 Å². The van der Waals surface area contributed by atoms with Gasteiger partial charge in [0.2, 0.25) is 0 Å². The summed E-state index contributed by atoms with van der Waals surface area (Å²) in [6.45, 7) is 2.45. The lowest BCUT2D eigenvalue weighted by Gasteiger charge is -2.33. The Morgan fingerprint density at radius 2 is 2.33 bits per heavy atom. The van der Waals surface area contributed by atoms with Gasteiger partial charge >= 0.3 is 5.97 Å². The molecule has 1 fully saturated rings. The fourth-order valence-electron chi connectivity index (χ4n) is 1.46. The molecule has 1 heterocycles. The Kier molecular flexibility index (Phi) is 2.30. The monoisotopic (exact) mass is 172 g/mol. The van der Waals surface area contributed by atoms with Gasteiger partial charge in [0, 0.05) is 6.54 Å². The van der Waals surface area contributed by atoms with Crippen molar-refractivity contribution in [2.45, 2.75) is 19.8 Å². The third kappa shape index (κ3) is 1.54. The molecule has 1 unspecified atom stereocenters. The Labute approximate surface area is 70.3 Å². The smallest absolute Gasteiger partial charge is 0.311 e.